The van der Waals surface area contributed by atoms with Crippen molar-refractivity contribution in [2.45, 2.75) is 20.3 Å². The maximum absolute atomic E-state index is 10.7. The summed E-state index contributed by atoms with van der Waals surface area (Å²) < 4.78 is 6.11. The van der Waals surface area contributed by atoms with Crippen LogP contribution >= 0.6 is 0 Å². The van der Waals surface area contributed by atoms with Crippen molar-refractivity contribution in [3.8, 4) is 11.3 Å². The SMILES string of the molecule is Cc1cc(C)c2oc(-c3ccccc3)cc(=NCCC(=O)[O-])c2c1. The Labute approximate surface area is 140 Å². The van der Waals surface area contributed by atoms with Crippen LogP contribution in [0.4, 0.5) is 0 Å². The number of benzene rings is 2. The minimum Gasteiger partial charge on any atom is -0.550 e. The van der Waals surface area contributed by atoms with E-state index in [1.165, 1.54) is 0 Å². The number of hydrogen-bond donors (Lipinski definition) is 0. The molecule has 0 fully saturated rings. The number of carboxylic acid groups (broad SMARTS) is 1. The first kappa shape index (κ1) is 16.0. The number of carbonyl (C=O) groups excluding carboxylic acids is 1. The Kier molecular flexibility index (Phi) is 4.47. The monoisotopic (exact) mass is 320 g/mol. The predicted octanol–water partition coefficient (Wildman–Crippen LogP) is 2.76. The molecule has 0 bridgehead atoms. The summed E-state index contributed by atoms with van der Waals surface area (Å²) in [4.78, 5) is 15.1. The molecule has 0 aliphatic rings. The Bertz CT molecular complexity index is 956. The van der Waals surface area contributed by atoms with E-state index < -0.39 is 5.97 Å². The molecule has 0 spiro atoms. The second-order valence-electron chi connectivity index (χ2n) is 5.82. The molecule has 4 nitrogen and oxygen atoms in total. The number of carboxylic acids is 1. The predicted molar refractivity (Wildman–Crippen MR) is 91.2 cm³/mol. The third-order valence-corrected chi connectivity index (χ3v) is 3.83. The van der Waals surface area contributed by atoms with Crippen LogP contribution in [0.3, 0.4) is 0 Å². The fourth-order valence-electron chi connectivity index (χ4n) is 2.76. The van der Waals surface area contributed by atoms with E-state index in [1.54, 1.807) is 0 Å². The molecule has 0 amide bonds. The van der Waals surface area contributed by atoms with Crippen LogP contribution in [0.2, 0.25) is 0 Å². The molecule has 0 unspecified atom stereocenters. The van der Waals surface area contributed by atoms with Gasteiger partial charge in [0.2, 0.25) is 0 Å². The molecule has 3 rings (SSSR count). The minimum atomic E-state index is -1.10. The number of aliphatic carboxylic acids is 1. The number of nitrogens with zero attached hydrogens (tertiary/aromatic N) is 1. The summed E-state index contributed by atoms with van der Waals surface area (Å²) in [6, 6.07) is 15.7. The molecule has 0 atom stereocenters. The molecule has 0 N–H and O–H groups in total. The van der Waals surface area contributed by atoms with Crippen molar-refractivity contribution in [3.05, 3.63) is 65.0 Å². The molecule has 1 aromatic heterocycles. The molecule has 2 aromatic carbocycles. The quantitative estimate of drug-likeness (QED) is 0.742. The van der Waals surface area contributed by atoms with Gasteiger partial charge in [0.25, 0.3) is 0 Å². The topological polar surface area (TPSA) is 65.6 Å². The molecule has 1 heterocycles. The zero-order valence-electron chi connectivity index (χ0n) is 13.7. The van der Waals surface area contributed by atoms with E-state index in [9.17, 15) is 9.90 Å². The van der Waals surface area contributed by atoms with Gasteiger partial charge in [0, 0.05) is 36.0 Å². The third-order valence-electron chi connectivity index (χ3n) is 3.83. The average Bonchev–Trinajstić information content (AvgIpc) is 2.55. The number of carbonyl (C=O) groups is 1. The van der Waals surface area contributed by atoms with Crippen molar-refractivity contribution in [3.63, 3.8) is 0 Å². The second-order valence-corrected chi connectivity index (χ2v) is 5.82. The Morgan fingerprint density at radius 3 is 2.58 bits per heavy atom. The molecule has 4 heteroatoms. The Morgan fingerprint density at radius 1 is 1.12 bits per heavy atom. The highest BCUT2D eigenvalue weighted by Gasteiger charge is 2.08. The van der Waals surface area contributed by atoms with Gasteiger partial charge < -0.3 is 14.3 Å². The van der Waals surface area contributed by atoms with Gasteiger partial charge in [-0.25, -0.2) is 0 Å². The summed E-state index contributed by atoms with van der Waals surface area (Å²) in [5, 5.41) is 12.3. The first-order valence-electron chi connectivity index (χ1n) is 7.85. The molecule has 0 saturated heterocycles. The van der Waals surface area contributed by atoms with Crippen molar-refractivity contribution >= 4 is 16.9 Å². The van der Waals surface area contributed by atoms with Crippen LogP contribution < -0.4 is 10.5 Å². The van der Waals surface area contributed by atoms with Gasteiger partial charge in [-0.2, -0.15) is 0 Å². The Balaban J connectivity index is 2.24. The van der Waals surface area contributed by atoms with E-state index in [4.69, 9.17) is 4.42 Å². The standard InChI is InChI=1S/C20H19NO3/c1-13-10-14(2)20-16(11-13)17(21-9-8-19(22)23)12-18(24-20)15-6-4-3-5-7-15/h3-7,10-12H,8-9H2,1-2H3,(H,22,23)/p-1. The van der Waals surface area contributed by atoms with E-state index in [0.717, 1.165) is 33.0 Å². The summed E-state index contributed by atoms with van der Waals surface area (Å²) >= 11 is 0. The van der Waals surface area contributed by atoms with Crippen molar-refractivity contribution < 1.29 is 14.3 Å². The van der Waals surface area contributed by atoms with E-state index >= 15 is 0 Å². The summed E-state index contributed by atoms with van der Waals surface area (Å²) in [5.74, 6) is -0.387. The van der Waals surface area contributed by atoms with Crippen molar-refractivity contribution in [2.75, 3.05) is 6.54 Å². The first-order chi connectivity index (χ1) is 11.5. The zero-order valence-corrected chi connectivity index (χ0v) is 13.7. The van der Waals surface area contributed by atoms with Crippen LogP contribution in [-0.2, 0) is 4.79 Å². The first-order valence-corrected chi connectivity index (χ1v) is 7.85. The van der Waals surface area contributed by atoms with Gasteiger partial charge in [-0.3, -0.25) is 4.99 Å². The third kappa shape index (κ3) is 3.38. The summed E-state index contributed by atoms with van der Waals surface area (Å²) in [6.45, 7) is 4.20. The number of aryl methyl sites for hydroxylation is 2. The van der Waals surface area contributed by atoms with Crippen molar-refractivity contribution in [2.24, 2.45) is 4.99 Å². The molecule has 122 valence electrons. The molecule has 0 aliphatic heterocycles. The Morgan fingerprint density at radius 2 is 1.88 bits per heavy atom. The molecule has 0 saturated carbocycles. The maximum Gasteiger partial charge on any atom is 0.139 e. The number of fused-ring (bicyclic) bond motifs is 1. The smallest absolute Gasteiger partial charge is 0.139 e. The van der Waals surface area contributed by atoms with E-state index in [-0.39, 0.29) is 13.0 Å². The van der Waals surface area contributed by atoms with Crippen LogP contribution in [-0.4, -0.2) is 12.5 Å². The van der Waals surface area contributed by atoms with Crippen LogP contribution in [0, 0.1) is 13.8 Å². The second kappa shape index (κ2) is 6.71. The van der Waals surface area contributed by atoms with Gasteiger partial charge in [0.15, 0.2) is 0 Å². The average molecular weight is 320 g/mol. The lowest BCUT2D eigenvalue weighted by atomic mass is 10.1. The largest absolute Gasteiger partial charge is 0.550 e. The van der Waals surface area contributed by atoms with Gasteiger partial charge in [0.1, 0.15) is 11.3 Å². The van der Waals surface area contributed by atoms with Crippen LogP contribution in [0.1, 0.15) is 17.5 Å². The highest BCUT2D eigenvalue weighted by Crippen LogP contribution is 2.25. The van der Waals surface area contributed by atoms with Crippen molar-refractivity contribution in [1.29, 1.82) is 0 Å². The molecule has 0 aliphatic carbocycles. The number of hydrogen-bond acceptors (Lipinski definition) is 4. The Hall–Kier alpha value is -2.88. The van der Waals surface area contributed by atoms with Gasteiger partial charge >= 0.3 is 0 Å². The molecule has 3 aromatic rings. The van der Waals surface area contributed by atoms with Gasteiger partial charge in [0.05, 0.1) is 5.36 Å². The molecular weight excluding hydrogens is 302 g/mol. The lowest BCUT2D eigenvalue weighted by molar-refractivity contribution is -0.305. The highest BCUT2D eigenvalue weighted by atomic mass is 16.4. The van der Waals surface area contributed by atoms with Gasteiger partial charge in [-0.05, 0) is 31.0 Å². The van der Waals surface area contributed by atoms with Crippen LogP contribution in [0.25, 0.3) is 22.3 Å². The van der Waals surface area contributed by atoms with Crippen LogP contribution in [0.5, 0.6) is 0 Å². The fourth-order valence-corrected chi connectivity index (χ4v) is 2.76. The normalized spacial score (nSPS) is 11.8. The minimum absolute atomic E-state index is 0.0982. The lowest BCUT2D eigenvalue weighted by Gasteiger charge is -2.08. The van der Waals surface area contributed by atoms with E-state index in [1.807, 2.05) is 56.3 Å². The fraction of sp³-hybridized carbons (Fsp3) is 0.200. The lowest BCUT2D eigenvalue weighted by Crippen LogP contribution is -2.23. The van der Waals surface area contributed by atoms with E-state index in [2.05, 4.69) is 11.1 Å². The molecular formula is C20H18NO3-. The zero-order chi connectivity index (χ0) is 17.1. The van der Waals surface area contributed by atoms with Crippen LogP contribution in [0.15, 0.2) is 57.9 Å². The highest BCUT2D eigenvalue weighted by molar-refractivity contribution is 5.82. The number of rotatable bonds is 4. The molecule has 24 heavy (non-hydrogen) atoms. The van der Waals surface area contributed by atoms with Crippen molar-refractivity contribution in [1.82, 2.24) is 0 Å². The summed E-state index contributed by atoms with van der Waals surface area (Å²) in [5.41, 5.74) is 3.86. The summed E-state index contributed by atoms with van der Waals surface area (Å²) in [7, 11) is 0. The van der Waals surface area contributed by atoms with E-state index in [0.29, 0.717) is 5.76 Å². The van der Waals surface area contributed by atoms with Gasteiger partial charge in [-0.1, -0.05) is 36.4 Å². The van der Waals surface area contributed by atoms with Gasteiger partial charge in [-0.15, -0.1) is 0 Å². The molecule has 0 radical (unpaired) electrons. The summed E-state index contributed by atoms with van der Waals surface area (Å²) in [6.07, 6.45) is -0.0982. The maximum atomic E-state index is 10.7.